The van der Waals surface area contributed by atoms with Crippen LogP contribution >= 0.6 is 11.3 Å². The Morgan fingerprint density at radius 1 is 1.08 bits per heavy atom. The third-order valence-electron chi connectivity index (χ3n) is 6.37. The molecular formula is C30H25N3O5S. The molecule has 1 amide bonds. The van der Waals surface area contributed by atoms with Gasteiger partial charge >= 0.3 is 5.91 Å². The number of thiazole rings is 1. The number of rotatable bonds is 7. The fourth-order valence-electron chi connectivity index (χ4n) is 4.53. The quantitative estimate of drug-likeness (QED) is 0.142. The molecule has 0 bridgehead atoms. The maximum absolute atomic E-state index is 13.3. The molecule has 2 aromatic heterocycles. The Bertz CT molecular complexity index is 1610. The van der Waals surface area contributed by atoms with E-state index in [9.17, 15) is 19.5 Å². The maximum Gasteiger partial charge on any atom is 0.301 e. The predicted molar refractivity (Wildman–Crippen MR) is 148 cm³/mol. The topological polar surface area (TPSA) is 110 Å². The number of aliphatic hydroxyl groups excluding tert-OH is 1. The molecule has 3 heterocycles. The molecule has 0 radical (unpaired) electrons. The van der Waals surface area contributed by atoms with Gasteiger partial charge in [-0.2, -0.15) is 0 Å². The van der Waals surface area contributed by atoms with Gasteiger partial charge in [-0.25, -0.2) is 4.98 Å². The number of ketones is 2. The summed E-state index contributed by atoms with van der Waals surface area (Å²) in [5.41, 5.74) is 3.43. The molecule has 2 aromatic carbocycles. The van der Waals surface area contributed by atoms with Crippen LogP contribution in [0.25, 0.3) is 5.76 Å². The van der Waals surface area contributed by atoms with Crippen LogP contribution in [0, 0.1) is 13.8 Å². The van der Waals surface area contributed by atoms with E-state index in [2.05, 4.69) is 9.97 Å². The Morgan fingerprint density at radius 2 is 1.85 bits per heavy atom. The van der Waals surface area contributed by atoms with Gasteiger partial charge in [-0.3, -0.25) is 24.3 Å². The lowest BCUT2D eigenvalue weighted by atomic mass is 9.96. The minimum Gasteiger partial charge on any atom is -0.507 e. The fourth-order valence-corrected chi connectivity index (χ4v) is 5.52. The number of aromatic nitrogens is 2. The van der Waals surface area contributed by atoms with Gasteiger partial charge in [-0.1, -0.05) is 47.2 Å². The summed E-state index contributed by atoms with van der Waals surface area (Å²) < 4.78 is 5.87. The summed E-state index contributed by atoms with van der Waals surface area (Å²) in [6.07, 6.45) is 3.11. The van der Waals surface area contributed by atoms with Gasteiger partial charge in [0.1, 0.15) is 18.1 Å². The number of amides is 1. The van der Waals surface area contributed by atoms with Crippen LogP contribution in [0.5, 0.6) is 5.75 Å². The van der Waals surface area contributed by atoms with Crippen LogP contribution in [0.4, 0.5) is 5.13 Å². The second-order valence-electron chi connectivity index (χ2n) is 9.22. The molecule has 1 fully saturated rings. The van der Waals surface area contributed by atoms with Gasteiger partial charge < -0.3 is 9.84 Å². The first-order valence-electron chi connectivity index (χ1n) is 12.2. The minimum atomic E-state index is -0.971. The van der Waals surface area contributed by atoms with Crippen molar-refractivity contribution in [1.82, 2.24) is 9.97 Å². The second-order valence-corrected chi connectivity index (χ2v) is 10.2. The number of carbonyl (C=O) groups is 3. The third kappa shape index (κ3) is 5.08. The number of anilines is 1. The SMILES string of the molecule is CC(=O)c1sc(N2C(=O)C(=O)/C(=C(/O)c3ccc(OCc4cccc(C)c4)cc3)[C@@H]2c2cccnc2)nc1C. The van der Waals surface area contributed by atoms with Crippen molar-refractivity contribution in [3.63, 3.8) is 0 Å². The molecule has 9 heteroatoms. The van der Waals surface area contributed by atoms with Crippen LogP contribution in [-0.2, 0) is 16.2 Å². The first-order chi connectivity index (χ1) is 18.7. The van der Waals surface area contributed by atoms with Crippen LogP contribution in [0.2, 0.25) is 0 Å². The van der Waals surface area contributed by atoms with Gasteiger partial charge in [0.05, 0.1) is 22.2 Å². The number of hydrogen-bond acceptors (Lipinski definition) is 8. The maximum atomic E-state index is 13.3. The van der Waals surface area contributed by atoms with Crippen LogP contribution in [0.15, 0.2) is 78.6 Å². The highest BCUT2D eigenvalue weighted by Gasteiger charge is 2.48. The Hall–Kier alpha value is -4.63. The lowest BCUT2D eigenvalue weighted by Crippen LogP contribution is -2.29. The number of benzene rings is 2. The molecule has 0 unspecified atom stereocenters. The van der Waals surface area contributed by atoms with Gasteiger partial charge in [0.15, 0.2) is 10.9 Å². The summed E-state index contributed by atoms with van der Waals surface area (Å²) >= 11 is 1.04. The van der Waals surface area contributed by atoms with Crippen molar-refractivity contribution >= 4 is 39.7 Å². The summed E-state index contributed by atoms with van der Waals surface area (Å²) in [6, 6.07) is 17.1. The molecule has 1 aliphatic heterocycles. The Labute approximate surface area is 229 Å². The van der Waals surface area contributed by atoms with Crippen LogP contribution < -0.4 is 9.64 Å². The predicted octanol–water partition coefficient (Wildman–Crippen LogP) is 5.56. The molecule has 5 rings (SSSR count). The van der Waals surface area contributed by atoms with E-state index in [0.717, 1.165) is 22.5 Å². The number of hydrogen-bond donors (Lipinski definition) is 1. The number of nitrogens with zero attached hydrogens (tertiary/aromatic N) is 3. The van der Waals surface area contributed by atoms with Crippen LogP contribution in [0.1, 0.15) is 50.6 Å². The molecule has 1 saturated heterocycles. The summed E-state index contributed by atoms with van der Waals surface area (Å²) in [7, 11) is 0. The molecule has 39 heavy (non-hydrogen) atoms. The summed E-state index contributed by atoms with van der Waals surface area (Å²) in [5.74, 6) is -1.61. The van der Waals surface area contributed by atoms with E-state index >= 15 is 0 Å². The minimum absolute atomic E-state index is 0.0846. The van der Waals surface area contributed by atoms with E-state index < -0.39 is 17.7 Å². The van der Waals surface area contributed by atoms with E-state index in [4.69, 9.17) is 4.74 Å². The Kier molecular flexibility index (Phi) is 7.08. The molecule has 1 aliphatic rings. The highest BCUT2D eigenvalue weighted by molar-refractivity contribution is 7.18. The standard InChI is InChI=1S/C30H25N3O5S/c1-17-6-4-7-20(14-17)16-38-23-11-9-21(10-12-23)26(35)24-25(22-8-5-13-31-15-22)33(29(37)27(24)36)30-32-18(2)28(39-30)19(3)34/h4-15,25,35H,16H2,1-3H3/b26-24+/t25-/m0/s1. The van der Waals surface area contributed by atoms with E-state index in [1.807, 2.05) is 31.2 Å². The smallest absolute Gasteiger partial charge is 0.301 e. The van der Waals surface area contributed by atoms with Crippen LogP contribution in [-0.4, -0.2) is 32.5 Å². The van der Waals surface area contributed by atoms with Gasteiger partial charge in [-0.15, -0.1) is 0 Å². The number of pyridine rings is 1. The van der Waals surface area contributed by atoms with Crippen molar-refractivity contribution in [2.75, 3.05) is 4.90 Å². The number of aliphatic hydroxyl groups is 1. The van der Waals surface area contributed by atoms with Crippen molar-refractivity contribution in [2.45, 2.75) is 33.4 Å². The van der Waals surface area contributed by atoms with Crippen LogP contribution in [0.3, 0.4) is 0 Å². The van der Waals surface area contributed by atoms with Crippen molar-refractivity contribution in [3.05, 3.63) is 111 Å². The molecule has 196 valence electrons. The number of Topliss-reactive ketones (excluding diaryl/α,β-unsaturated/α-hetero) is 2. The fraction of sp³-hybridized carbons (Fsp3) is 0.167. The monoisotopic (exact) mass is 539 g/mol. The zero-order valence-corrected chi connectivity index (χ0v) is 22.4. The lowest BCUT2D eigenvalue weighted by molar-refractivity contribution is -0.132. The first kappa shape index (κ1) is 26.0. The molecule has 1 atom stereocenters. The highest BCUT2D eigenvalue weighted by atomic mass is 32.1. The Morgan fingerprint density at radius 3 is 2.49 bits per heavy atom. The van der Waals surface area contributed by atoms with E-state index in [-0.39, 0.29) is 22.2 Å². The largest absolute Gasteiger partial charge is 0.507 e. The zero-order chi connectivity index (χ0) is 27.7. The second kappa shape index (κ2) is 10.6. The average Bonchev–Trinajstić information content (AvgIpc) is 3.44. The molecule has 4 aromatic rings. The van der Waals surface area contributed by atoms with Crippen molar-refractivity contribution in [1.29, 1.82) is 0 Å². The van der Waals surface area contributed by atoms with E-state index in [1.165, 1.54) is 18.0 Å². The zero-order valence-electron chi connectivity index (χ0n) is 21.5. The van der Waals surface area contributed by atoms with Gasteiger partial charge in [0.2, 0.25) is 0 Å². The average molecular weight is 540 g/mol. The molecular weight excluding hydrogens is 514 g/mol. The summed E-state index contributed by atoms with van der Waals surface area (Å²) in [6.45, 7) is 5.50. The van der Waals surface area contributed by atoms with Crippen molar-refractivity contribution in [3.8, 4) is 5.75 Å². The third-order valence-corrected chi connectivity index (χ3v) is 7.63. The van der Waals surface area contributed by atoms with Gasteiger partial charge in [0.25, 0.3) is 5.78 Å². The summed E-state index contributed by atoms with van der Waals surface area (Å²) in [4.78, 5) is 48.9. The summed E-state index contributed by atoms with van der Waals surface area (Å²) in [5, 5.41) is 11.5. The molecule has 0 spiro atoms. The molecule has 0 saturated carbocycles. The highest BCUT2D eigenvalue weighted by Crippen LogP contribution is 2.43. The molecule has 8 nitrogen and oxygen atoms in total. The van der Waals surface area contributed by atoms with Gasteiger partial charge in [0, 0.05) is 24.9 Å². The Balaban J connectivity index is 1.51. The first-order valence-corrected chi connectivity index (χ1v) is 13.0. The number of aryl methyl sites for hydroxylation is 2. The van der Waals surface area contributed by atoms with E-state index in [1.54, 1.807) is 49.5 Å². The number of ether oxygens (including phenoxy) is 1. The lowest BCUT2D eigenvalue weighted by Gasteiger charge is -2.22. The van der Waals surface area contributed by atoms with E-state index in [0.29, 0.717) is 34.1 Å². The van der Waals surface area contributed by atoms with Crippen molar-refractivity contribution in [2.24, 2.45) is 0 Å². The number of carbonyl (C=O) groups excluding carboxylic acids is 3. The molecule has 0 aliphatic carbocycles. The molecule has 1 N–H and O–H groups in total. The van der Waals surface area contributed by atoms with Gasteiger partial charge in [-0.05, 0) is 55.3 Å². The van der Waals surface area contributed by atoms with Crippen molar-refractivity contribution < 1.29 is 24.2 Å². The normalized spacial score (nSPS) is 16.5.